The zero-order valence-corrected chi connectivity index (χ0v) is 15.7. The van der Waals surface area contributed by atoms with Crippen molar-refractivity contribution >= 4 is 11.8 Å². The molecular weight excluding hydrogens is 330 g/mol. The van der Waals surface area contributed by atoms with Gasteiger partial charge in [0.1, 0.15) is 11.3 Å². The van der Waals surface area contributed by atoms with Gasteiger partial charge in [0.25, 0.3) is 0 Å². The molecule has 1 atom stereocenters. The highest BCUT2D eigenvalue weighted by atomic mass is 16.5. The van der Waals surface area contributed by atoms with Gasteiger partial charge in [0.05, 0.1) is 13.0 Å². The third kappa shape index (κ3) is 3.14. The molecular formula is C21H25NO4. The van der Waals surface area contributed by atoms with Crippen molar-refractivity contribution in [1.29, 1.82) is 0 Å². The molecule has 1 aliphatic heterocycles. The number of nitrogens with two attached hydrogens (primary N) is 1. The number of allylic oxidation sites excluding steroid dienone is 2. The molecule has 0 spiro atoms. The molecule has 2 aliphatic rings. The van der Waals surface area contributed by atoms with Crippen molar-refractivity contribution in [3.63, 3.8) is 0 Å². The van der Waals surface area contributed by atoms with E-state index in [1.807, 2.05) is 38.1 Å². The summed E-state index contributed by atoms with van der Waals surface area (Å²) in [5.41, 5.74) is 8.65. The van der Waals surface area contributed by atoms with Gasteiger partial charge in [0, 0.05) is 18.4 Å². The number of ketones is 1. The number of hydrogen-bond acceptors (Lipinski definition) is 5. The standard InChI is InChI=1S/C21H25NO4/c1-5-12-6-8-13(9-7-12)16-17-14(23)10-21(2,3)11-15(17)26-19(22)18(16)20(24)25-4/h6-9,16H,5,10-11,22H2,1-4H3/t16-/m0/s1. The first-order valence-electron chi connectivity index (χ1n) is 8.88. The SMILES string of the molecule is CCc1ccc([C@@H]2C(C(=O)OC)=C(N)OC3=C2C(=O)CC(C)(C)C3)cc1. The summed E-state index contributed by atoms with van der Waals surface area (Å²) in [5, 5.41) is 0. The zero-order valence-electron chi connectivity index (χ0n) is 15.7. The van der Waals surface area contributed by atoms with Gasteiger partial charge in [0.2, 0.25) is 5.88 Å². The van der Waals surface area contributed by atoms with Crippen LogP contribution in [0.3, 0.4) is 0 Å². The number of methoxy groups -OCH3 is 1. The first kappa shape index (κ1) is 18.2. The Morgan fingerprint density at radius 3 is 2.50 bits per heavy atom. The highest BCUT2D eigenvalue weighted by Gasteiger charge is 2.44. The van der Waals surface area contributed by atoms with E-state index < -0.39 is 11.9 Å². The number of esters is 1. The third-order valence-corrected chi connectivity index (χ3v) is 5.08. The van der Waals surface area contributed by atoms with Crippen LogP contribution in [-0.4, -0.2) is 18.9 Å². The van der Waals surface area contributed by atoms with Crippen LogP contribution in [0, 0.1) is 5.41 Å². The maximum Gasteiger partial charge on any atom is 0.340 e. The van der Waals surface area contributed by atoms with Crippen molar-refractivity contribution in [2.45, 2.75) is 46.0 Å². The highest BCUT2D eigenvalue weighted by Crippen LogP contribution is 2.48. The largest absolute Gasteiger partial charge is 0.465 e. The molecule has 0 amide bonds. The maximum absolute atomic E-state index is 13.0. The minimum Gasteiger partial charge on any atom is -0.465 e. The van der Waals surface area contributed by atoms with E-state index >= 15 is 0 Å². The minimum absolute atomic E-state index is 0.00489. The molecule has 0 saturated carbocycles. The summed E-state index contributed by atoms with van der Waals surface area (Å²) < 4.78 is 10.7. The number of carbonyl (C=O) groups is 2. The Kier molecular flexibility index (Phi) is 4.65. The average molecular weight is 355 g/mol. The maximum atomic E-state index is 13.0. The number of Topliss-reactive ketones (excluding diaryl/α,β-unsaturated/α-hetero) is 1. The van der Waals surface area contributed by atoms with Crippen LogP contribution in [0.2, 0.25) is 0 Å². The number of carbonyl (C=O) groups excluding carboxylic acids is 2. The summed E-state index contributed by atoms with van der Waals surface area (Å²) in [4.78, 5) is 25.4. The second-order valence-electron chi connectivity index (χ2n) is 7.68. The van der Waals surface area contributed by atoms with E-state index in [1.165, 1.54) is 12.7 Å². The van der Waals surface area contributed by atoms with Crippen molar-refractivity contribution in [1.82, 2.24) is 0 Å². The Bertz CT molecular complexity index is 815. The van der Waals surface area contributed by atoms with Gasteiger partial charge in [-0.05, 0) is 23.0 Å². The fourth-order valence-corrected chi connectivity index (χ4v) is 3.77. The molecule has 1 heterocycles. The lowest BCUT2D eigenvalue weighted by atomic mass is 9.70. The molecule has 0 radical (unpaired) electrons. The summed E-state index contributed by atoms with van der Waals surface area (Å²) in [5.74, 6) is -0.543. The van der Waals surface area contributed by atoms with Crippen LogP contribution < -0.4 is 5.73 Å². The van der Waals surface area contributed by atoms with Gasteiger partial charge in [-0.1, -0.05) is 45.0 Å². The third-order valence-electron chi connectivity index (χ3n) is 5.08. The van der Waals surface area contributed by atoms with Crippen molar-refractivity contribution in [3.05, 3.63) is 58.2 Å². The second kappa shape index (κ2) is 6.63. The molecule has 1 aromatic carbocycles. The Morgan fingerprint density at radius 2 is 1.92 bits per heavy atom. The second-order valence-corrected chi connectivity index (χ2v) is 7.68. The fourth-order valence-electron chi connectivity index (χ4n) is 3.77. The summed E-state index contributed by atoms with van der Waals surface area (Å²) in [6.45, 7) is 6.13. The molecule has 2 N–H and O–H groups in total. The highest BCUT2D eigenvalue weighted by molar-refractivity contribution is 6.03. The number of benzene rings is 1. The quantitative estimate of drug-likeness (QED) is 0.841. The predicted octanol–water partition coefficient (Wildman–Crippen LogP) is 3.35. The van der Waals surface area contributed by atoms with Gasteiger partial charge in [0.15, 0.2) is 5.78 Å². The van der Waals surface area contributed by atoms with Crippen LogP contribution in [0.15, 0.2) is 47.1 Å². The molecule has 0 unspecified atom stereocenters. The van der Waals surface area contributed by atoms with Gasteiger partial charge < -0.3 is 15.2 Å². The Labute approximate surface area is 153 Å². The van der Waals surface area contributed by atoms with Gasteiger partial charge in [-0.25, -0.2) is 4.79 Å². The molecule has 138 valence electrons. The fraction of sp³-hybridized carbons (Fsp3) is 0.429. The van der Waals surface area contributed by atoms with Crippen molar-refractivity contribution in [2.75, 3.05) is 7.11 Å². The Morgan fingerprint density at radius 1 is 1.27 bits per heavy atom. The molecule has 0 saturated heterocycles. The normalized spacial score (nSPS) is 22.0. The lowest BCUT2D eigenvalue weighted by Gasteiger charge is -2.37. The number of hydrogen-bond donors (Lipinski definition) is 1. The van der Waals surface area contributed by atoms with Crippen molar-refractivity contribution in [2.24, 2.45) is 11.1 Å². The Balaban J connectivity index is 2.17. The monoisotopic (exact) mass is 355 g/mol. The molecule has 26 heavy (non-hydrogen) atoms. The van der Waals surface area contributed by atoms with Crippen LogP contribution in [0.4, 0.5) is 0 Å². The number of aryl methyl sites for hydroxylation is 1. The molecule has 5 nitrogen and oxygen atoms in total. The van der Waals surface area contributed by atoms with E-state index in [4.69, 9.17) is 15.2 Å². The lowest BCUT2D eigenvalue weighted by Crippen LogP contribution is -2.35. The topological polar surface area (TPSA) is 78.6 Å². The van der Waals surface area contributed by atoms with Crippen molar-refractivity contribution < 1.29 is 19.1 Å². The summed E-state index contributed by atoms with van der Waals surface area (Å²) in [6.07, 6.45) is 1.93. The molecule has 0 bridgehead atoms. The smallest absolute Gasteiger partial charge is 0.340 e. The lowest BCUT2D eigenvalue weighted by molar-refractivity contribution is -0.136. The average Bonchev–Trinajstić information content (AvgIpc) is 2.59. The van der Waals surface area contributed by atoms with E-state index in [0.717, 1.165) is 12.0 Å². The molecule has 0 aromatic heterocycles. The van der Waals surface area contributed by atoms with E-state index in [9.17, 15) is 9.59 Å². The van der Waals surface area contributed by atoms with Crippen LogP contribution >= 0.6 is 0 Å². The summed E-state index contributed by atoms with van der Waals surface area (Å²) in [6, 6.07) is 7.91. The van der Waals surface area contributed by atoms with Crippen LogP contribution in [0.5, 0.6) is 0 Å². The molecule has 3 rings (SSSR count). The Hall–Kier alpha value is -2.56. The van der Waals surface area contributed by atoms with E-state index in [0.29, 0.717) is 24.2 Å². The number of ether oxygens (including phenoxy) is 2. The first-order valence-corrected chi connectivity index (χ1v) is 8.88. The number of rotatable bonds is 3. The van der Waals surface area contributed by atoms with Gasteiger partial charge in [-0.2, -0.15) is 0 Å². The van der Waals surface area contributed by atoms with E-state index in [-0.39, 0.29) is 22.7 Å². The van der Waals surface area contributed by atoms with Gasteiger partial charge >= 0.3 is 5.97 Å². The van der Waals surface area contributed by atoms with Crippen LogP contribution in [0.1, 0.15) is 50.7 Å². The predicted molar refractivity (Wildman–Crippen MR) is 97.9 cm³/mol. The van der Waals surface area contributed by atoms with Crippen LogP contribution in [-0.2, 0) is 25.5 Å². The minimum atomic E-state index is -0.573. The van der Waals surface area contributed by atoms with Gasteiger partial charge in [-0.3, -0.25) is 4.79 Å². The summed E-state index contributed by atoms with van der Waals surface area (Å²) in [7, 11) is 1.30. The van der Waals surface area contributed by atoms with E-state index in [1.54, 1.807) is 0 Å². The molecule has 1 aromatic rings. The first-order chi connectivity index (χ1) is 12.3. The molecule has 5 heteroatoms. The van der Waals surface area contributed by atoms with Gasteiger partial charge in [-0.15, -0.1) is 0 Å². The van der Waals surface area contributed by atoms with E-state index in [2.05, 4.69) is 6.92 Å². The summed E-state index contributed by atoms with van der Waals surface area (Å²) >= 11 is 0. The van der Waals surface area contributed by atoms with Crippen LogP contribution in [0.25, 0.3) is 0 Å². The molecule has 1 aliphatic carbocycles. The molecule has 0 fully saturated rings. The van der Waals surface area contributed by atoms with Crippen molar-refractivity contribution in [3.8, 4) is 0 Å². The zero-order chi connectivity index (χ0) is 19.1.